The molecular weight excluding hydrogens is 367 g/mol. The van der Waals surface area contributed by atoms with Crippen molar-refractivity contribution in [1.82, 2.24) is 0 Å². The maximum atomic E-state index is 14.9. The first-order chi connectivity index (χ1) is 13.9. The highest BCUT2D eigenvalue weighted by molar-refractivity contribution is 5.71. The average molecular weight is 392 g/mol. The molecular formula is C24H25FN2O2. The minimum atomic E-state index is -0.855. The lowest BCUT2D eigenvalue weighted by atomic mass is 9.98. The molecule has 0 saturated carbocycles. The van der Waals surface area contributed by atoms with Crippen molar-refractivity contribution in [3.05, 3.63) is 89.2 Å². The van der Waals surface area contributed by atoms with Crippen LogP contribution in [0.2, 0.25) is 0 Å². The van der Waals surface area contributed by atoms with Crippen LogP contribution in [-0.2, 0) is 17.8 Å². The minimum Gasteiger partial charge on any atom is -0.481 e. The van der Waals surface area contributed by atoms with Crippen LogP contribution in [0.5, 0.6) is 0 Å². The Balaban J connectivity index is 1.89. The number of aliphatic carboxylic acids is 1. The quantitative estimate of drug-likeness (QED) is 0.607. The standard InChI is InChI=1S/C24H25FN2O2/c1-16(26)21-11-6-12-22(24(21)25)18-9-5-10-20(13-18)27(2)15-19-8-4-3-7-17(19)14-23(28)29/h3-13,16H,14-15,26H2,1-2H3,(H,28,29)/t16-/m1/s1. The highest BCUT2D eigenvalue weighted by atomic mass is 19.1. The topological polar surface area (TPSA) is 66.6 Å². The minimum absolute atomic E-state index is 0.0146. The molecule has 0 aliphatic rings. The van der Waals surface area contributed by atoms with E-state index in [1.165, 1.54) is 0 Å². The third-order valence-corrected chi connectivity index (χ3v) is 4.98. The van der Waals surface area contributed by atoms with Crippen molar-refractivity contribution >= 4 is 11.7 Å². The second-order valence-electron chi connectivity index (χ2n) is 7.24. The summed E-state index contributed by atoms with van der Waals surface area (Å²) >= 11 is 0. The molecule has 3 rings (SSSR count). The fourth-order valence-electron chi connectivity index (χ4n) is 3.43. The molecule has 0 spiro atoms. The van der Waals surface area contributed by atoms with Gasteiger partial charge in [-0.3, -0.25) is 4.79 Å². The van der Waals surface area contributed by atoms with Crippen molar-refractivity contribution in [1.29, 1.82) is 0 Å². The number of nitrogens with zero attached hydrogens (tertiary/aromatic N) is 1. The first kappa shape index (κ1) is 20.6. The molecule has 150 valence electrons. The van der Waals surface area contributed by atoms with Crippen molar-refractivity contribution in [2.24, 2.45) is 5.73 Å². The summed E-state index contributed by atoms with van der Waals surface area (Å²) in [5.74, 6) is -1.15. The number of anilines is 1. The van der Waals surface area contributed by atoms with Crippen LogP contribution >= 0.6 is 0 Å². The van der Waals surface area contributed by atoms with Crippen LogP contribution in [0.4, 0.5) is 10.1 Å². The van der Waals surface area contributed by atoms with E-state index in [2.05, 4.69) is 0 Å². The summed E-state index contributed by atoms with van der Waals surface area (Å²) in [6, 6.07) is 20.1. The monoisotopic (exact) mass is 392 g/mol. The molecule has 0 fully saturated rings. The molecule has 3 aromatic carbocycles. The van der Waals surface area contributed by atoms with Gasteiger partial charge in [-0.2, -0.15) is 0 Å². The smallest absolute Gasteiger partial charge is 0.307 e. The number of nitrogens with two attached hydrogens (primary N) is 1. The van der Waals surface area contributed by atoms with Crippen molar-refractivity contribution < 1.29 is 14.3 Å². The van der Waals surface area contributed by atoms with Gasteiger partial charge in [0.05, 0.1) is 6.42 Å². The molecule has 1 atom stereocenters. The van der Waals surface area contributed by atoms with Gasteiger partial charge in [-0.1, -0.05) is 54.6 Å². The number of halogens is 1. The van der Waals surface area contributed by atoms with Gasteiger partial charge in [-0.05, 0) is 35.7 Å². The number of hydrogen-bond acceptors (Lipinski definition) is 3. The van der Waals surface area contributed by atoms with E-state index < -0.39 is 5.97 Å². The van der Waals surface area contributed by atoms with Gasteiger partial charge in [0.2, 0.25) is 0 Å². The Morgan fingerprint density at radius 2 is 1.76 bits per heavy atom. The van der Waals surface area contributed by atoms with E-state index in [0.29, 0.717) is 17.7 Å². The van der Waals surface area contributed by atoms with E-state index in [1.54, 1.807) is 19.1 Å². The Labute approximate surface area is 170 Å². The van der Waals surface area contributed by atoms with E-state index in [0.717, 1.165) is 22.4 Å². The SMILES string of the molecule is C[C@@H](N)c1cccc(-c2cccc(N(C)Cc3ccccc3CC(=O)O)c2)c1F. The zero-order valence-corrected chi connectivity index (χ0v) is 16.6. The Bertz CT molecular complexity index is 1020. The number of carboxylic acids is 1. The molecule has 3 N–H and O–H groups in total. The van der Waals surface area contributed by atoms with E-state index in [9.17, 15) is 9.18 Å². The Hall–Kier alpha value is -3.18. The molecule has 0 heterocycles. The maximum Gasteiger partial charge on any atom is 0.307 e. The number of rotatable bonds is 7. The molecule has 0 aliphatic heterocycles. The molecule has 3 aromatic rings. The van der Waals surface area contributed by atoms with E-state index in [-0.39, 0.29) is 18.3 Å². The number of carboxylic acid groups (broad SMARTS) is 1. The third-order valence-electron chi connectivity index (χ3n) is 4.98. The largest absolute Gasteiger partial charge is 0.481 e. The average Bonchev–Trinajstić information content (AvgIpc) is 2.69. The summed E-state index contributed by atoms with van der Waals surface area (Å²) in [7, 11) is 1.94. The van der Waals surface area contributed by atoms with Crippen LogP contribution in [0.25, 0.3) is 11.1 Å². The maximum absolute atomic E-state index is 14.9. The van der Waals surface area contributed by atoms with Gasteiger partial charge >= 0.3 is 5.97 Å². The van der Waals surface area contributed by atoms with Gasteiger partial charge < -0.3 is 15.7 Å². The van der Waals surface area contributed by atoms with E-state index >= 15 is 0 Å². The molecule has 0 unspecified atom stereocenters. The molecule has 4 nitrogen and oxygen atoms in total. The Kier molecular flexibility index (Phi) is 6.29. The highest BCUT2D eigenvalue weighted by Gasteiger charge is 2.14. The van der Waals surface area contributed by atoms with Gasteiger partial charge in [0.15, 0.2) is 0 Å². The molecule has 29 heavy (non-hydrogen) atoms. The molecule has 0 aliphatic carbocycles. The van der Waals surface area contributed by atoms with Crippen molar-refractivity contribution in [2.75, 3.05) is 11.9 Å². The van der Waals surface area contributed by atoms with Gasteiger partial charge in [-0.25, -0.2) is 4.39 Å². The Morgan fingerprint density at radius 1 is 1.07 bits per heavy atom. The first-order valence-corrected chi connectivity index (χ1v) is 9.51. The van der Waals surface area contributed by atoms with E-state index in [1.807, 2.05) is 66.5 Å². The lowest BCUT2D eigenvalue weighted by Crippen LogP contribution is -2.18. The zero-order valence-electron chi connectivity index (χ0n) is 16.6. The number of benzene rings is 3. The van der Waals surface area contributed by atoms with Crippen LogP contribution in [0.15, 0.2) is 66.7 Å². The fourth-order valence-corrected chi connectivity index (χ4v) is 3.43. The molecule has 0 bridgehead atoms. The molecule has 0 aromatic heterocycles. The van der Waals surface area contributed by atoms with E-state index in [4.69, 9.17) is 10.8 Å². The van der Waals surface area contributed by atoms with Gasteiger partial charge in [0.25, 0.3) is 0 Å². The van der Waals surface area contributed by atoms with Gasteiger partial charge in [0, 0.05) is 36.4 Å². The second-order valence-corrected chi connectivity index (χ2v) is 7.24. The van der Waals surface area contributed by atoms with Crippen molar-refractivity contribution in [3.8, 4) is 11.1 Å². The summed E-state index contributed by atoms with van der Waals surface area (Å²) in [6.07, 6.45) is -0.0146. The molecule has 0 saturated heterocycles. The van der Waals surface area contributed by atoms with Crippen molar-refractivity contribution in [3.63, 3.8) is 0 Å². The second kappa shape index (κ2) is 8.88. The van der Waals surface area contributed by atoms with Crippen LogP contribution in [0.1, 0.15) is 29.7 Å². The first-order valence-electron chi connectivity index (χ1n) is 9.51. The summed E-state index contributed by atoms with van der Waals surface area (Å²) in [5, 5.41) is 9.13. The summed E-state index contributed by atoms with van der Waals surface area (Å²) < 4.78 is 14.9. The normalized spacial score (nSPS) is 11.9. The van der Waals surface area contributed by atoms with Crippen LogP contribution in [-0.4, -0.2) is 18.1 Å². The lowest BCUT2D eigenvalue weighted by molar-refractivity contribution is -0.136. The predicted molar refractivity (Wildman–Crippen MR) is 114 cm³/mol. The fraction of sp³-hybridized carbons (Fsp3) is 0.208. The predicted octanol–water partition coefficient (Wildman–Crippen LogP) is 4.78. The third kappa shape index (κ3) is 4.81. The summed E-state index contributed by atoms with van der Waals surface area (Å²) in [4.78, 5) is 13.2. The van der Waals surface area contributed by atoms with Gasteiger partial charge in [-0.15, -0.1) is 0 Å². The van der Waals surface area contributed by atoms with Crippen LogP contribution in [0.3, 0.4) is 0 Å². The molecule has 5 heteroatoms. The number of hydrogen-bond donors (Lipinski definition) is 2. The Morgan fingerprint density at radius 3 is 2.45 bits per heavy atom. The summed E-state index contributed by atoms with van der Waals surface area (Å²) in [6.45, 7) is 2.32. The van der Waals surface area contributed by atoms with Crippen LogP contribution in [0, 0.1) is 5.82 Å². The summed E-state index contributed by atoms with van der Waals surface area (Å²) in [5.41, 5.74) is 10.3. The highest BCUT2D eigenvalue weighted by Crippen LogP contribution is 2.30. The molecule has 0 radical (unpaired) electrons. The van der Waals surface area contributed by atoms with Gasteiger partial charge in [0.1, 0.15) is 5.82 Å². The lowest BCUT2D eigenvalue weighted by Gasteiger charge is -2.22. The van der Waals surface area contributed by atoms with Crippen LogP contribution < -0.4 is 10.6 Å². The zero-order chi connectivity index (χ0) is 21.0. The number of carbonyl (C=O) groups is 1. The van der Waals surface area contributed by atoms with Crippen molar-refractivity contribution in [2.45, 2.75) is 25.9 Å². The molecule has 0 amide bonds.